The average Bonchev–Trinajstić information content (AvgIpc) is 2.54. The van der Waals surface area contributed by atoms with Crippen molar-refractivity contribution in [1.82, 2.24) is 0 Å². The van der Waals surface area contributed by atoms with Crippen LogP contribution in [-0.2, 0) is 0 Å². The van der Waals surface area contributed by atoms with Gasteiger partial charge in [0, 0.05) is 12.1 Å². The molecule has 2 rings (SSSR count). The first kappa shape index (κ1) is 16.7. The van der Waals surface area contributed by atoms with Gasteiger partial charge in [-0.2, -0.15) is 0 Å². The van der Waals surface area contributed by atoms with Crippen LogP contribution in [-0.4, -0.2) is 22.9 Å². The highest BCUT2D eigenvalue weighted by atomic mass is 16.6. The summed E-state index contributed by atoms with van der Waals surface area (Å²) in [6.45, 7) is 0. The molecule has 0 saturated carbocycles. The number of nitrogens with one attached hydrogen (secondary N) is 1. The SMILES string of the molecule is COc1ccccc1Nc1c([N+](=O)[O-])cc(C(N)=O)cc1[N+](=O)[O-]. The fourth-order valence-corrected chi connectivity index (χ4v) is 2.05. The zero-order valence-corrected chi connectivity index (χ0v) is 12.4. The van der Waals surface area contributed by atoms with Crippen molar-refractivity contribution in [2.45, 2.75) is 0 Å². The number of nitrogens with two attached hydrogens (primary N) is 1. The lowest BCUT2D eigenvalue weighted by atomic mass is 10.1. The monoisotopic (exact) mass is 332 g/mol. The van der Waals surface area contributed by atoms with E-state index in [0.717, 1.165) is 12.1 Å². The van der Waals surface area contributed by atoms with E-state index in [2.05, 4.69) is 5.32 Å². The van der Waals surface area contributed by atoms with Crippen molar-refractivity contribution in [3.05, 3.63) is 62.2 Å². The second-order valence-electron chi connectivity index (χ2n) is 4.59. The van der Waals surface area contributed by atoms with Crippen LogP contribution in [0.2, 0.25) is 0 Å². The maximum absolute atomic E-state index is 11.3. The third-order valence-corrected chi connectivity index (χ3v) is 3.14. The van der Waals surface area contributed by atoms with Crippen LogP contribution < -0.4 is 15.8 Å². The molecule has 3 N–H and O–H groups in total. The van der Waals surface area contributed by atoms with Gasteiger partial charge >= 0.3 is 11.4 Å². The van der Waals surface area contributed by atoms with Crippen LogP contribution in [0.5, 0.6) is 5.75 Å². The molecule has 2 aromatic rings. The molecule has 10 nitrogen and oxygen atoms in total. The van der Waals surface area contributed by atoms with E-state index in [1.165, 1.54) is 13.2 Å². The van der Waals surface area contributed by atoms with Crippen molar-refractivity contribution in [3.8, 4) is 5.75 Å². The number of methoxy groups -OCH3 is 1. The number of carbonyl (C=O) groups excluding carboxylic acids is 1. The molecule has 10 heteroatoms. The van der Waals surface area contributed by atoms with Crippen LogP contribution in [0.1, 0.15) is 10.4 Å². The molecule has 0 fully saturated rings. The number of para-hydroxylation sites is 2. The van der Waals surface area contributed by atoms with E-state index in [1.54, 1.807) is 18.2 Å². The lowest BCUT2D eigenvalue weighted by Gasteiger charge is -2.12. The number of carbonyl (C=O) groups is 1. The summed E-state index contributed by atoms with van der Waals surface area (Å²) in [7, 11) is 1.39. The molecular weight excluding hydrogens is 320 g/mol. The quantitative estimate of drug-likeness (QED) is 0.608. The fourth-order valence-electron chi connectivity index (χ4n) is 2.05. The van der Waals surface area contributed by atoms with E-state index < -0.39 is 27.1 Å². The number of amides is 1. The predicted octanol–water partition coefficient (Wildman–Crippen LogP) is 2.35. The van der Waals surface area contributed by atoms with Crippen molar-refractivity contribution in [2.75, 3.05) is 12.4 Å². The molecule has 0 spiro atoms. The summed E-state index contributed by atoms with van der Waals surface area (Å²) in [6, 6.07) is 8.18. The second kappa shape index (κ2) is 6.60. The van der Waals surface area contributed by atoms with Gasteiger partial charge in [-0.05, 0) is 12.1 Å². The van der Waals surface area contributed by atoms with Crippen molar-refractivity contribution in [3.63, 3.8) is 0 Å². The highest BCUT2D eigenvalue weighted by Crippen LogP contribution is 2.39. The minimum absolute atomic E-state index is 0.290. The number of primary amides is 1. The zero-order valence-electron chi connectivity index (χ0n) is 12.4. The molecule has 0 saturated heterocycles. The second-order valence-corrected chi connectivity index (χ2v) is 4.59. The third-order valence-electron chi connectivity index (χ3n) is 3.14. The van der Waals surface area contributed by atoms with Crippen molar-refractivity contribution in [1.29, 1.82) is 0 Å². The number of nitro groups is 2. The van der Waals surface area contributed by atoms with Gasteiger partial charge in [-0.25, -0.2) is 0 Å². The molecule has 1 amide bonds. The third kappa shape index (κ3) is 3.21. The number of hydrogen-bond donors (Lipinski definition) is 2. The summed E-state index contributed by atoms with van der Waals surface area (Å²) >= 11 is 0. The number of anilines is 2. The van der Waals surface area contributed by atoms with Gasteiger partial charge in [-0.3, -0.25) is 25.0 Å². The Bertz CT molecular complexity index is 801. The number of rotatable bonds is 6. The first-order valence-corrected chi connectivity index (χ1v) is 6.51. The van der Waals surface area contributed by atoms with E-state index in [4.69, 9.17) is 10.5 Å². The summed E-state index contributed by atoms with van der Waals surface area (Å²) in [5.41, 5.74) is 3.36. The summed E-state index contributed by atoms with van der Waals surface area (Å²) in [5.74, 6) is -0.676. The van der Waals surface area contributed by atoms with Crippen molar-refractivity contribution < 1.29 is 19.4 Å². The Kier molecular flexibility index (Phi) is 4.59. The van der Waals surface area contributed by atoms with Crippen LogP contribution in [0, 0.1) is 20.2 Å². The van der Waals surface area contributed by atoms with E-state index >= 15 is 0 Å². The highest BCUT2D eigenvalue weighted by molar-refractivity contribution is 5.97. The topological polar surface area (TPSA) is 151 Å². The Morgan fingerprint density at radius 2 is 1.67 bits per heavy atom. The standard InChI is InChI=1S/C14H12N4O6/c1-24-12-5-3-2-4-9(12)16-13-10(17(20)21)6-8(14(15)19)7-11(13)18(22)23/h2-7,16H,1H3,(H2,15,19). The number of nitrogens with zero attached hydrogens (tertiary/aromatic N) is 2. The van der Waals surface area contributed by atoms with E-state index in [-0.39, 0.29) is 16.9 Å². The van der Waals surface area contributed by atoms with Gasteiger partial charge in [-0.15, -0.1) is 0 Å². The normalized spacial score (nSPS) is 10.0. The highest BCUT2D eigenvalue weighted by Gasteiger charge is 2.28. The zero-order chi connectivity index (χ0) is 17.9. The molecule has 124 valence electrons. The van der Waals surface area contributed by atoms with Crippen molar-refractivity contribution in [2.24, 2.45) is 5.73 Å². The van der Waals surface area contributed by atoms with Crippen LogP contribution in [0.25, 0.3) is 0 Å². The molecule has 0 aromatic heterocycles. The molecule has 0 aliphatic rings. The predicted molar refractivity (Wildman–Crippen MR) is 84.5 cm³/mol. The molecule has 2 aromatic carbocycles. The van der Waals surface area contributed by atoms with Gasteiger partial charge < -0.3 is 15.8 Å². The molecule has 0 radical (unpaired) electrons. The molecule has 0 atom stereocenters. The van der Waals surface area contributed by atoms with E-state index in [1.807, 2.05) is 0 Å². The number of ether oxygens (including phenoxy) is 1. The minimum Gasteiger partial charge on any atom is -0.495 e. The smallest absolute Gasteiger partial charge is 0.300 e. The first-order valence-electron chi connectivity index (χ1n) is 6.51. The maximum Gasteiger partial charge on any atom is 0.300 e. The van der Waals surface area contributed by atoms with E-state index in [9.17, 15) is 25.0 Å². The Balaban J connectivity index is 2.69. The van der Waals surface area contributed by atoms with Crippen LogP contribution >= 0.6 is 0 Å². The van der Waals surface area contributed by atoms with Crippen LogP contribution in [0.4, 0.5) is 22.7 Å². The largest absolute Gasteiger partial charge is 0.495 e. The molecule has 0 heterocycles. The molecule has 0 aliphatic heterocycles. The van der Waals surface area contributed by atoms with Gasteiger partial charge in [0.1, 0.15) is 5.75 Å². The summed E-state index contributed by atoms with van der Waals surface area (Å²) in [6.07, 6.45) is 0. The van der Waals surface area contributed by atoms with Crippen molar-refractivity contribution >= 4 is 28.7 Å². The Morgan fingerprint density at radius 1 is 1.12 bits per heavy atom. The summed E-state index contributed by atoms with van der Waals surface area (Å²) in [4.78, 5) is 32.1. The summed E-state index contributed by atoms with van der Waals surface area (Å²) in [5, 5.41) is 25.2. The van der Waals surface area contributed by atoms with Gasteiger partial charge in [0.05, 0.1) is 28.2 Å². The maximum atomic E-state index is 11.3. The summed E-state index contributed by atoms with van der Waals surface area (Å²) < 4.78 is 5.10. The van der Waals surface area contributed by atoms with Gasteiger partial charge in [-0.1, -0.05) is 12.1 Å². The lowest BCUT2D eigenvalue weighted by Crippen LogP contribution is -2.13. The lowest BCUT2D eigenvalue weighted by molar-refractivity contribution is -0.392. The first-order chi connectivity index (χ1) is 11.3. The van der Waals surface area contributed by atoms with Crippen LogP contribution in [0.15, 0.2) is 36.4 Å². The molecule has 0 unspecified atom stereocenters. The Labute approximate surface area is 135 Å². The molecule has 0 bridgehead atoms. The minimum atomic E-state index is -1.01. The molecule has 24 heavy (non-hydrogen) atoms. The Hall–Kier alpha value is -3.69. The average molecular weight is 332 g/mol. The molecule has 0 aliphatic carbocycles. The number of nitro benzene ring substituents is 2. The van der Waals surface area contributed by atoms with Gasteiger partial charge in [0.2, 0.25) is 5.91 Å². The Morgan fingerprint density at radius 3 is 2.12 bits per heavy atom. The molecular formula is C14H12N4O6. The van der Waals surface area contributed by atoms with Gasteiger partial charge in [0.15, 0.2) is 5.69 Å². The van der Waals surface area contributed by atoms with Crippen LogP contribution in [0.3, 0.4) is 0 Å². The fraction of sp³-hybridized carbons (Fsp3) is 0.0714. The van der Waals surface area contributed by atoms with E-state index in [0.29, 0.717) is 5.75 Å². The number of hydrogen-bond acceptors (Lipinski definition) is 7. The number of benzene rings is 2. The van der Waals surface area contributed by atoms with Gasteiger partial charge in [0.25, 0.3) is 0 Å².